The number of anilines is 1. The highest BCUT2D eigenvalue weighted by Gasteiger charge is 2.34. The number of hydroxylamine groups is 1. The molecule has 1 amide bonds. The Morgan fingerprint density at radius 2 is 1.96 bits per heavy atom. The maximum absolute atomic E-state index is 12.6. The van der Waals surface area contributed by atoms with E-state index in [0.717, 1.165) is 21.3 Å². The number of amides is 1. The number of carbonyl (C=O) groups is 1. The van der Waals surface area contributed by atoms with E-state index in [1.54, 1.807) is 5.48 Å². The molecule has 1 atom stereocenters. The summed E-state index contributed by atoms with van der Waals surface area (Å²) in [5.74, 6) is -0.555. The lowest BCUT2D eigenvalue weighted by atomic mass is 10.1. The fourth-order valence-corrected chi connectivity index (χ4v) is 4.99. The van der Waals surface area contributed by atoms with Gasteiger partial charge < -0.3 is 4.90 Å². The molecule has 2 aromatic rings. The second kappa shape index (κ2) is 8.60. The van der Waals surface area contributed by atoms with Gasteiger partial charge >= 0.3 is 0 Å². The Balaban J connectivity index is 2.04. The third-order valence-corrected chi connectivity index (χ3v) is 6.52. The summed E-state index contributed by atoms with van der Waals surface area (Å²) in [5, 5.41) is 8.97. The van der Waals surface area contributed by atoms with Crippen LogP contribution >= 0.6 is 15.9 Å². The molecule has 0 bridgehead atoms. The maximum Gasteiger partial charge on any atom is 0.262 e. The third kappa shape index (κ3) is 4.91. The van der Waals surface area contributed by atoms with Crippen molar-refractivity contribution in [2.75, 3.05) is 24.2 Å². The molecule has 0 aromatic heterocycles. The molecule has 0 fully saturated rings. The molecule has 28 heavy (non-hydrogen) atoms. The Labute approximate surface area is 173 Å². The van der Waals surface area contributed by atoms with E-state index in [1.165, 1.54) is 10.6 Å². The minimum atomic E-state index is -3.49. The lowest BCUT2D eigenvalue weighted by Gasteiger charge is -2.31. The smallest absolute Gasteiger partial charge is 0.262 e. The summed E-state index contributed by atoms with van der Waals surface area (Å²) in [5.41, 5.74) is 4.24. The topological polar surface area (TPSA) is 90.0 Å². The Morgan fingerprint density at radius 1 is 1.25 bits per heavy atom. The van der Waals surface area contributed by atoms with Crippen LogP contribution in [0, 0.1) is 0 Å². The Morgan fingerprint density at radius 3 is 2.61 bits per heavy atom. The summed E-state index contributed by atoms with van der Waals surface area (Å²) in [6, 6.07) is 14.9. The highest BCUT2D eigenvalue weighted by atomic mass is 79.9. The van der Waals surface area contributed by atoms with E-state index in [1.807, 2.05) is 53.4 Å². The van der Waals surface area contributed by atoms with Crippen LogP contribution < -0.4 is 10.4 Å². The Kier molecular flexibility index (Phi) is 6.39. The van der Waals surface area contributed by atoms with Crippen LogP contribution in [0.4, 0.5) is 5.69 Å². The molecule has 0 spiro atoms. The van der Waals surface area contributed by atoms with Gasteiger partial charge in [-0.15, -0.1) is 0 Å². The van der Waals surface area contributed by atoms with Crippen LogP contribution in [-0.4, -0.2) is 49.2 Å². The van der Waals surface area contributed by atoms with E-state index in [0.29, 0.717) is 13.0 Å². The molecule has 1 aliphatic rings. The zero-order valence-electron chi connectivity index (χ0n) is 15.4. The van der Waals surface area contributed by atoms with E-state index in [4.69, 9.17) is 5.21 Å². The summed E-state index contributed by atoms with van der Waals surface area (Å²) in [6.07, 6.45) is 1.72. The number of hydrogen-bond donors (Lipinski definition) is 2. The fourth-order valence-electron chi connectivity index (χ4n) is 3.53. The quantitative estimate of drug-likeness (QED) is 0.519. The number of sulfonamides is 1. The summed E-state index contributed by atoms with van der Waals surface area (Å²) < 4.78 is 27.5. The van der Waals surface area contributed by atoms with Gasteiger partial charge in [-0.2, -0.15) is 4.31 Å². The molecular formula is C19H22BrN3O4S. The van der Waals surface area contributed by atoms with E-state index < -0.39 is 15.9 Å². The van der Waals surface area contributed by atoms with Crippen molar-refractivity contribution in [2.45, 2.75) is 19.0 Å². The predicted octanol–water partition coefficient (Wildman–Crippen LogP) is 2.15. The second-order valence-electron chi connectivity index (χ2n) is 6.84. The summed E-state index contributed by atoms with van der Waals surface area (Å²) >= 11 is 3.43. The predicted molar refractivity (Wildman–Crippen MR) is 111 cm³/mol. The lowest BCUT2D eigenvalue weighted by molar-refractivity contribution is -0.127. The number of halogens is 1. The molecule has 0 radical (unpaired) electrons. The van der Waals surface area contributed by atoms with E-state index in [-0.39, 0.29) is 19.1 Å². The lowest BCUT2D eigenvalue weighted by Crippen LogP contribution is -2.47. The summed E-state index contributed by atoms with van der Waals surface area (Å²) in [7, 11) is -3.49. The number of hydrogen-bond acceptors (Lipinski definition) is 5. The zero-order valence-corrected chi connectivity index (χ0v) is 17.8. The first-order valence-corrected chi connectivity index (χ1v) is 11.4. The minimum absolute atomic E-state index is 0.0754. The van der Waals surface area contributed by atoms with Crippen molar-refractivity contribution in [1.29, 1.82) is 0 Å². The second-order valence-corrected chi connectivity index (χ2v) is 9.69. The van der Waals surface area contributed by atoms with Gasteiger partial charge in [0.2, 0.25) is 10.0 Å². The fraction of sp³-hybridized carbons (Fsp3) is 0.316. The molecular weight excluding hydrogens is 446 g/mol. The average Bonchev–Trinajstić information content (AvgIpc) is 2.79. The van der Waals surface area contributed by atoms with Gasteiger partial charge in [0.05, 0.1) is 12.8 Å². The van der Waals surface area contributed by atoms with Crippen LogP contribution in [0.15, 0.2) is 53.0 Å². The van der Waals surface area contributed by atoms with Gasteiger partial charge in [-0.3, -0.25) is 10.0 Å². The monoisotopic (exact) mass is 467 g/mol. The molecule has 1 heterocycles. The summed E-state index contributed by atoms with van der Waals surface area (Å²) in [6.45, 7) is 0.459. The van der Waals surface area contributed by atoms with Crippen molar-refractivity contribution < 1.29 is 18.4 Å². The first-order valence-electron chi connectivity index (χ1n) is 8.75. The number of rotatable bonds is 5. The molecule has 2 aromatic carbocycles. The first kappa shape index (κ1) is 20.8. The number of nitrogens with one attached hydrogen (secondary N) is 1. The molecule has 0 saturated heterocycles. The van der Waals surface area contributed by atoms with Crippen molar-refractivity contribution in [3.05, 3.63) is 64.1 Å². The van der Waals surface area contributed by atoms with Crippen molar-refractivity contribution >= 4 is 37.5 Å². The number of carbonyl (C=O) groups excluding carboxylic acids is 1. The standard InChI is InChI=1S/C19H22BrN3O4S/c1-28(26,27)23-11-15-10-16(20)7-8-18(15)22(13-19(24)21-25)12-17(23)9-14-5-3-2-4-6-14/h2-8,10,17,25H,9,11-13H2,1H3,(H,21,24)/t17-/m1/s1. The molecule has 2 N–H and O–H groups in total. The van der Waals surface area contributed by atoms with Crippen LogP contribution in [0.25, 0.3) is 0 Å². The van der Waals surface area contributed by atoms with Gasteiger partial charge in [-0.25, -0.2) is 13.9 Å². The highest BCUT2D eigenvalue weighted by molar-refractivity contribution is 9.10. The molecule has 7 nitrogen and oxygen atoms in total. The van der Waals surface area contributed by atoms with E-state index >= 15 is 0 Å². The van der Waals surface area contributed by atoms with Gasteiger partial charge in [0.1, 0.15) is 0 Å². The van der Waals surface area contributed by atoms with Crippen LogP contribution in [-0.2, 0) is 27.8 Å². The van der Waals surface area contributed by atoms with Gasteiger partial charge in [-0.05, 0) is 35.7 Å². The van der Waals surface area contributed by atoms with Crippen molar-refractivity contribution in [2.24, 2.45) is 0 Å². The normalized spacial score (nSPS) is 17.7. The van der Waals surface area contributed by atoms with Crippen molar-refractivity contribution in [1.82, 2.24) is 9.79 Å². The van der Waals surface area contributed by atoms with Gasteiger partial charge in [-0.1, -0.05) is 46.3 Å². The number of nitrogens with zero attached hydrogens (tertiary/aromatic N) is 2. The third-order valence-electron chi connectivity index (χ3n) is 4.75. The Hall–Kier alpha value is -1.94. The van der Waals surface area contributed by atoms with Crippen LogP contribution in [0.2, 0.25) is 0 Å². The maximum atomic E-state index is 12.6. The minimum Gasteiger partial charge on any atom is -0.360 e. The van der Waals surface area contributed by atoms with Crippen molar-refractivity contribution in [3.63, 3.8) is 0 Å². The van der Waals surface area contributed by atoms with Gasteiger partial charge in [0.25, 0.3) is 5.91 Å². The molecule has 0 aliphatic carbocycles. The van der Waals surface area contributed by atoms with Crippen LogP contribution in [0.1, 0.15) is 11.1 Å². The van der Waals surface area contributed by atoms with E-state index in [9.17, 15) is 13.2 Å². The highest BCUT2D eigenvalue weighted by Crippen LogP contribution is 2.31. The Bertz CT molecular complexity index is 953. The number of benzene rings is 2. The molecule has 9 heteroatoms. The first-order chi connectivity index (χ1) is 13.3. The SMILES string of the molecule is CS(=O)(=O)N1Cc2cc(Br)ccc2N(CC(=O)NO)C[C@H]1Cc1ccccc1. The molecule has 0 unspecified atom stereocenters. The molecule has 150 valence electrons. The van der Waals surface area contributed by atoms with E-state index in [2.05, 4.69) is 15.9 Å². The molecule has 0 saturated carbocycles. The number of fused-ring (bicyclic) bond motifs is 1. The van der Waals surface area contributed by atoms with Gasteiger partial charge in [0.15, 0.2) is 0 Å². The zero-order chi connectivity index (χ0) is 20.3. The van der Waals surface area contributed by atoms with Gasteiger partial charge in [0, 0.05) is 29.3 Å². The van der Waals surface area contributed by atoms with Crippen LogP contribution in [0.5, 0.6) is 0 Å². The molecule has 3 rings (SSSR count). The largest absolute Gasteiger partial charge is 0.360 e. The van der Waals surface area contributed by atoms with Crippen molar-refractivity contribution in [3.8, 4) is 0 Å². The average molecular weight is 468 g/mol. The van der Waals surface area contributed by atoms with Crippen LogP contribution in [0.3, 0.4) is 0 Å². The molecule has 1 aliphatic heterocycles. The summed E-state index contributed by atoms with van der Waals surface area (Å²) in [4.78, 5) is 13.7.